The number of nitrogens with zero attached hydrogens (tertiary/aromatic N) is 2. The largest absolute Gasteiger partial charge is 0.453 e. The molecule has 4 aromatic rings. The highest BCUT2D eigenvalue weighted by molar-refractivity contribution is 7.33. The Hall–Kier alpha value is -3.11. The zero-order valence-corrected chi connectivity index (χ0v) is 19.5. The molecule has 10 heteroatoms. The van der Waals surface area contributed by atoms with Gasteiger partial charge in [-0.1, -0.05) is 30.3 Å². The van der Waals surface area contributed by atoms with Crippen LogP contribution in [0.15, 0.2) is 48.7 Å². The summed E-state index contributed by atoms with van der Waals surface area (Å²) < 4.78 is 7.87. The van der Waals surface area contributed by atoms with Crippen molar-refractivity contribution in [2.24, 2.45) is 0 Å². The van der Waals surface area contributed by atoms with Gasteiger partial charge in [0.1, 0.15) is 19.7 Å². The van der Waals surface area contributed by atoms with Crippen LogP contribution < -0.4 is 10.1 Å². The molecular weight excluding hydrogens is 455 g/mol. The molecule has 1 aliphatic rings. The van der Waals surface area contributed by atoms with Crippen molar-refractivity contribution in [1.82, 2.24) is 20.2 Å². The van der Waals surface area contributed by atoms with Gasteiger partial charge in [-0.2, -0.15) is 11.3 Å². The van der Waals surface area contributed by atoms with Gasteiger partial charge in [0.05, 0.1) is 29.9 Å². The second kappa shape index (κ2) is 9.03. The molecule has 1 aliphatic heterocycles. The molecule has 1 fully saturated rings. The molecule has 0 spiro atoms. The highest BCUT2D eigenvalue weighted by atomic mass is 32.1. The van der Waals surface area contributed by atoms with Crippen LogP contribution >= 0.6 is 22.7 Å². The molecule has 2 radical (unpaired) electrons. The maximum Gasteiger partial charge on any atom is 0.407 e. The van der Waals surface area contributed by atoms with E-state index in [1.54, 1.807) is 27.6 Å². The zero-order chi connectivity index (χ0) is 22.9. The van der Waals surface area contributed by atoms with E-state index in [9.17, 15) is 9.59 Å². The van der Waals surface area contributed by atoms with Gasteiger partial charge in [0.25, 0.3) is 5.91 Å². The molecule has 1 aromatic carbocycles. The quantitative estimate of drug-likeness (QED) is 0.428. The van der Waals surface area contributed by atoms with Crippen molar-refractivity contribution in [1.29, 1.82) is 0 Å². The average molecular weight is 476 g/mol. The number of nitrogens with one attached hydrogen (secondary N) is 2. The van der Waals surface area contributed by atoms with E-state index in [0.717, 1.165) is 43.4 Å². The summed E-state index contributed by atoms with van der Waals surface area (Å²) in [4.78, 5) is 36.5. The van der Waals surface area contributed by atoms with Gasteiger partial charge >= 0.3 is 6.09 Å². The van der Waals surface area contributed by atoms with Gasteiger partial charge in [-0.05, 0) is 35.3 Å². The Labute approximate surface area is 200 Å². The Morgan fingerprint density at radius 3 is 2.79 bits per heavy atom. The topological polar surface area (TPSA) is 87.3 Å². The maximum absolute atomic E-state index is 13.6. The van der Waals surface area contributed by atoms with Crippen molar-refractivity contribution < 1.29 is 14.3 Å². The van der Waals surface area contributed by atoms with Crippen LogP contribution in [0, 0.1) is 0 Å². The van der Waals surface area contributed by atoms with E-state index in [-0.39, 0.29) is 11.9 Å². The summed E-state index contributed by atoms with van der Waals surface area (Å²) in [6, 6.07) is 12.3. The predicted octanol–water partition coefficient (Wildman–Crippen LogP) is 3.91. The molecule has 2 N–H and O–H groups in total. The van der Waals surface area contributed by atoms with Crippen LogP contribution in [-0.4, -0.2) is 48.4 Å². The number of carbonyl (C=O) groups excluding carboxylic acids is 2. The number of benzene rings is 1. The van der Waals surface area contributed by atoms with Crippen LogP contribution in [0.4, 0.5) is 4.79 Å². The number of rotatable bonds is 5. The molecule has 4 heterocycles. The van der Waals surface area contributed by atoms with Crippen LogP contribution in [0.25, 0.3) is 20.0 Å². The predicted molar refractivity (Wildman–Crippen MR) is 131 cm³/mol. The molecule has 0 aliphatic carbocycles. The van der Waals surface area contributed by atoms with Crippen LogP contribution in [0.2, 0.25) is 0 Å². The summed E-state index contributed by atoms with van der Waals surface area (Å²) in [7, 11) is 7.18. The lowest BCUT2D eigenvalue weighted by Gasteiger charge is -2.28. The summed E-state index contributed by atoms with van der Waals surface area (Å²) in [6.45, 7) is 0.597. The Kier molecular flexibility index (Phi) is 5.95. The van der Waals surface area contributed by atoms with Gasteiger partial charge in [0.2, 0.25) is 0 Å². The third kappa shape index (κ3) is 4.28. The van der Waals surface area contributed by atoms with Crippen LogP contribution in [0.5, 0.6) is 0 Å². The van der Waals surface area contributed by atoms with Crippen molar-refractivity contribution in [2.75, 3.05) is 13.7 Å². The van der Waals surface area contributed by atoms with E-state index in [1.165, 1.54) is 7.11 Å². The number of imidazole rings is 1. The summed E-state index contributed by atoms with van der Waals surface area (Å²) in [6.07, 6.45) is 2.83. The minimum atomic E-state index is -0.830. The van der Waals surface area contributed by atoms with Gasteiger partial charge in [-0.15, -0.1) is 11.3 Å². The van der Waals surface area contributed by atoms with Gasteiger partial charge in [-0.25, -0.2) is 9.78 Å². The van der Waals surface area contributed by atoms with E-state index in [2.05, 4.69) is 21.4 Å². The fourth-order valence-electron chi connectivity index (χ4n) is 4.21. The number of amides is 2. The van der Waals surface area contributed by atoms with Gasteiger partial charge in [-0.3, -0.25) is 4.79 Å². The molecule has 3 aromatic heterocycles. The molecule has 0 saturated carbocycles. The Balaban J connectivity index is 1.40. The lowest BCUT2D eigenvalue weighted by Crippen LogP contribution is -2.42. The number of fused-ring (bicyclic) bond motifs is 1. The summed E-state index contributed by atoms with van der Waals surface area (Å²) >= 11 is 3.23. The first-order valence-corrected chi connectivity index (χ1v) is 12.2. The Morgan fingerprint density at radius 1 is 1.24 bits per heavy atom. The Morgan fingerprint density at radius 2 is 2.03 bits per heavy atom. The van der Waals surface area contributed by atoms with Crippen molar-refractivity contribution >= 4 is 56.7 Å². The molecule has 1 unspecified atom stereocenters. The van der Waals surface area contributed by atoms with Crippen molar-refractivity contribution in [3.63, 3.8) is 0 Å². The smallest absolute Gasteiger partial charge is 0.407 e. The second-order valence-corrected chi connectivity index (χ2v) is 10.0. The fourth-order valence-corrected chi connectivity index (χ4v) is 6.35. The number of aromatic nitrogens is 2. The van der Waals surface area contributed by atoms with Gasteiger partial charge in [0.15, 0.2) is 0 Å². The molecule has 2 atom stereocenters. The number of thiophene rings is 2. The van der Waals surface area contributed by atoms with Crippen molar-refractivity contribution in [3.8, 4) is 10.6 Å². The second-order valence-electron chi connectivity index (χ2n) is 7.84. The molecule has 166 valence electrons. The number of alkyl carbamates (subject to hydrolysis) is 1. The lowest BCUT2D eigenvalue weighted by atomic mass is 10.1. The van der Waals surface area contributed by atoms with E-state index < -0.39 is 12.1 Å². The third-order valence-corrected chi connectivity index (χ3v) is 7.92. The standard InChI is InChI=1S/C23H21BN4O3S2/c1-31-23(30)27-20(13-6-3-2-4-7-13)22(29)28-9-5-8-15(28)21-25-12-14(26-21)16-10-17-18(32-16)11-19(24)33-17/h2-4,6-7,10-12,15,20H,5,8-9H2,1H3,(H,25,26)(H,27,30)/t15-,20?/m0/s1. The number of aromatic amines is 1. The molecular formula is C23H21BN4O3S2. The first-order valence-electron chi connectivity index (χ1n) is 10.6. The Bertz CT molecular complexity index is 1270. The highest BCUT2D eigenvalue weighted by Gasteiger charge is 2.37. The number of ether oxygens (including phenoxy) is 1. The zero-order valence-electron chi connectivity index (χ0n) is 17.9. The molecule has 0 bridgehead atoms. The van der Waals surface area contributed by atoms with E-state index in [0.29, 0.717) is 12.1 Å². The first kappa shape index (κ1) is 21.7. The minimum Gasteiger partial charge on any atom is -0.453 e. The fraction of sp³-hybridized carbons (Fsp3) is 0.261. The van der Waals surface area contributed by atoms with Gasteiger partial charge in [0, 0.05) is 15.9 Å². The van der Waals surface area contributed by atoms with E-state index >= 15 is 0 Å². The van der Waals surface area contributed by atoms with E-state index in [1.807, 2.05) is 42.6 Å². The highest BCUT2D eigenvalue weighted by Crippen LogP contribution is 2.37. The van der Waals surface area contributed by atoms with Crippen molar-refractivity contribution in [2.45, 2.75) is 24.9 Å². The third-order valence-electron chi connectivity index (χ3n) is 5.77. The van der Waals surface area contributed by atoms with Crippen LogP contribution in [0.3, 0.4) is 0 Å². The number of carbonyl (C=O) groups is 2. The number of methoxy groups -OCH3 is 1. The van der Waals surface area contributed by atoms with Gasteiger partial charge < -0.3 is 19.9 Å². The number of hydrogen-bond donors (Lipinski definition) is 2. The van der Waals surface area contributed by atoms with Crippen LogP contribution in [0.1, 0.15) is 36.3 Å². The number of H-pyrrole nitrogens is 1. The minimum absolute atomic E-state index is 0.181. The number of hydrogen-bond acceptors (Lipinski definition) is 6. The molecule has 2 amide bonds. The van der Waals surface area contributed by atoms with Crippen LogP contribution in [-0.2, 0) is 9.53 Å². The van der Waals surface area contributed by atoms with E-state index in [4.69, 9.17) is 12.6 Å². The summed E-state index contributed by atoms with van der Waals surface area (Å²) in [5, 5.41) is 2.69. The summed E-state index contributed by atoms with van der Waals surface area (Å²) in [5.41, 5.74) is 1.63. The molecule has 1 saturated heterocycles. The normalized spacial score (nSPS) is 16.8. The molecule has 5 rings (SSSR count). The first-order chi connectivity index (χ1) is 16.0. The summed E-state index contributed by atoms with van der Waals surface area (Å²) in [5.74, 6) is 0.566. The molecule has 7 nitrogen and oxygen atoms in total. The average Bonchev–Trinajstić information content (AvgIpc) is 3.60. The molecule has 33 heavy (non-hydrogen) atoms. The number of likely N-dealkylation sites (tertiary alicyclic amines) is 1. The maximum atomic E-state index is 13.6. The monoisotopic (exact) mass is 476 g/mol. The SMILES string of the molecule is [B]c1cc2sc(-c3cnc([C@@H]4CCCN4C(=O)C(NC(=O)OC)c4ccccc4)[nH]3)cc2s1. The van der Waals surface area contributed by atoms with Crippen molar-refractivity contribution in [3.05, 3.63) is 60.0 Å². The lowest BCUT2D eigenvalue weighted by molar-refractivity contribution is -0.134.